The van der Waals surface area contributed by atoms with Crippen LogP contribution in [0.3, 0.4) is 0 Å². The average Bonchev–Trinajstić information content (AvgIpc) is 2.82. The van der Waals surface area contributed by atoms with E-state index in [1.165, 1.54) is 54.0 Å². The van der Waals surface area contributed by atoms with Crippen LogP contribution in [0.1, 0.15) is 47.7 Å². The molecule has 174 valence electrons. The van der Waals surface area contributed by atoms with Gasteiger partial charge in [-0.15, -0.1) is 0 Å². The van der Waals surface area contributed by atoms with Gasteiger partial charge in [0, 0.05) is 11.1 Å². The van der Waals surface area contributed by atoms with Crippen molar-refractivity contribution in [1.82, 2.24) is 4.90 Å². The maximum atomic E-state index is 13.3. The number of primary amides is 1. The second kappa shape index (κ2) is 9.67. The van der Waals surface area contributed by atoms with Gasteiger partial charge < -0.3 is 15.9 Å². The molecule has 0 aromatic heterocycles. The maximum absolute atomic E-state index is 13.3. The highest BCUT2D eigenvalue weighted by molar-refractivity contribution is 5.95. The molecule has 6 N–H and O–H groups in total. The van der Waals surface area contributed by atoms with Crippen molar-refractivity contribution in [2.45, 2.75) is 25.5 Å². The van der Waals surface area contributed by atoms with E-state index >= 15 is 0 Å². The Morgan fingerprint density at radius 3 is 2.50 bits per heavy atom. The molecule has 1 aliphatic heterocycles. The van der Waals surface area contributed by atoms with Gasteiger partial charge in [0.2, 0.25) is 0 Å². The number of amides is 2. The van der Waals surface area contributed by atoms with Crippen molar-refractivity contribution in [1.29, 1.82) is 10.5 Å². The van der Waals surface area contributed by atoms with Crippen LogP contribution in [0.2, 0.25) is 0 Å². The lowest BCUT2D eigenvalue weighted by molar-refractivity contribution is -0.395. The van der Waals surface area contributed by atoms with Crippen molar-refractivity contribution in [3.8, 4) is 12.1 Å². The number of aliphatic hydroxyl groups is 2. The highest BCUT2D eigenvalue weighted by Crippen LogP contribution is 2.39. The van der Waals surface area contributed by atoms with Gasteiger partial charge in [0.05, 0.1) is 23.9 Å². The van der Waals surface area contributed by atoms with Crippen molar-refractivity contribution in [2.75, 3.05) is 6.61 Å². The van der Waals surface area contributed by atoms with Crippen molar-refractivity contribution in [2.24, 2.45) is 11.5 Å². The number of nitrogens with zero attached hydrogens (tertiary/aromatic N) is 4. The van der Waals surface area contributed by atoms with E-state index in [1.54, 1.807) is 0 Å². The molecule has 2 amide bonds. The summed E-state index contributed by atoms with van der Waals surface area (Å²) in [4.78, 5) is 13.4. The summed E-state index contributed by atoms with van der Waals surface area (Å²) in [5.74, 6) is -0.255. The van der Waals surface area contributed by atoms with Crippen LogP contribution in [-0.2, 0) is 0 Å². The van der Waals surface area contributed by atoms with Gasteiger partial charge in [0.1, 0.15) is 23.4 Å². The number of hydrogen-bond acceptors (Lipinski definition) is 6. The molecule has 0 radical (unpaired) electrons. The van der Waals surface area contributed by atoms with Gasteiger partial charge in [-0.05, 0) is 36.8 Å². The first-order valence-electron chi connectivity index (χ1n) is 9.99. The predicted octanol–water partition coefficient (Wildman–Crippen LogP) is 2.41. The number of carbonyl (C=O) groups is 1. The SMILES string of the molecule is CC1=C(C#N)[C@H](c2ccc(C#N)cc2C(O)CO)N(C(N)=O)C(N)=[N+]1c1cccc(C(F)F)c1. The number of aliphatic hydroxyl groups excluding tert-OH is 2. The van der Waals surface area contributed by atoms with E-state index in [9.17, 15) is 34.3 Å². The van der Waals surface area contributed by atoms with Crippen LogP contribution in [0.25, 0.3) is 0 Å². The number of nitrogens with two attached hydrogens (primary N) is 2. The van der Waals surface area contributed by atoms with Crippen molar-refractivity contribution in [3.05, 3.63) is 76.0 Å². The minimum atomic E-state index is -2.76. The Labute approximate surface area is 193 Å². The molecule has 0 saturated heterocycles. The van der Waals surface area contributed by atoms with Crippen LogP contribution in [0, 0.1) is 22.7 Å². The molecule has 1 heterocycles. The molecular weight excluding hydrogens is 446 g/mol. The molecule has 0 bridgehead atoms. The molecule has 2 aromatic carbocycles. The van der Waals surface area contributed by atoms with Gasteiger partial charge in [0.25, 0.3) is 6.43 Å². The van der Waals surface area contributed by atoms with Crippen molar-refractivity contribution < 1.29 is 28.4 Å². The number of allylic oxidation sites excluding steroid dienone is 1. The third-order valence-corrected chi connectivity index (χ3v) is 5.51. The summed E-state index contributed by atoms with van der Waals surface area (Å²) in [6, 6.07) is 11.1. The molecule has 1 aliphatic rings. The number of urea groups is 1. The van der Waals surface area contributed by atoms with Crippen molar-refractivity contribution >= 4 is 17.7 Å². The van der Waals surface area contributed by atoms with Gasteiger partial charge in [-0.1, -0.05) is 18.2 Å². The Kier molecular flexibility index (Phi) is 6.92. The lowest BCUT2D eigenvalue weighted by Gasteiger charge is -2.32. The van der Waals surface area contributed by atoms with E-state index in [0.29, 0.717) is 0 Å². The first-order valence-corrected chi connectivity index (χ1v) is 9.99. The van der Waals surface area contributed by atoms with E-state index in [1.807, 2.05) is 12.1 Å². The highest BCUT2D eigenvalue weighted by atomic mass is 19.3. The van der Waals surface area contributed by atoms with Crippen LogP contribution in [0.5, 0.6) is 0 Å². The molecule has 3 rings (SSSR count). The third-order valence-electron chi connectivity index (χ3n) is 5.51. The van der Waals surface area contributed by atoms with Crippen LogP contribution >= 0.6 is 0 Å². The zero-order valence-electron chi connectivity index (χ0n) is 18.0. The molecule has 0 saturated carbocycles. The normalized spacial score (nSPS) is 16.9. The predicted molar refractivity (Wildman–Crippen MR) is 116 cm³/mol. The maximum Gasteiger partial charge on any atom is 0.380 e. The zero-order chi connectivity index (χ0) is 25.2. The minimum Gasteiger partial charge on any atom is -0.393 e. The fourth-order valence-corrected chi connectivity index (χ4v) is 3.94. The zero-order valence-corrected chi connectivity index (χ0v) is 18.0. The second-order valence-electron chi connectivity index (χ2n) is 7.46. The fourth-order valence-electron chi connectivity index (χ4n) is 3.94. The van der Waals surface area contributed by atoms with Crippen LogP contribution in [-0.4, -0.2) is 38.3 Å². The summed E-state index contributed by atoms with van der Waals surface area (Å²) >= 11 is 0. The molecule has 1 unspecified atom stereocenters. The Hall–Kier alpha value is -4.32. The quantitative estimate of drug-likeness (QED) is 0.493. The molecule has 9 nitrogen and oxygen atoms in total. The van der Waals surface area contributed by atoms with E-state index < -0.39 is 31.2 Å². The second-order valence-corrected chi connectivity index (χ2v) is 7.46. The summed E-state index contributed by atoms with van der Waals surface area (Å²) < 4.78 is 27.8. The number of carbonyl (C=O) groups excluding carboxylic acids is 1. The van der Waals surface area contributed by atoms with Crippen LogP contribution < -0.4 is 11.5 Å². The van der Waals surface area contributed by atoms with E-state index in [4.69, 9.17) is 11.5 Å². The summed E-state index contributed by atoms with van der Waals surface area (Å²) in [5, 5.41) is 39.2. The molecule has 2 aromatic rings. The Morgan fingerprint density at radius 2 is 1.94 bits per heavy atom. The lowest BCUT2D eigenvalue weighted by Crippen LogP contribution is -2.53. The Balaban J connectivity index is 2.32. The smallest absolute Gasteiger partial charge is 0.380 e. The average molecular weight is 467 g/mol. The number of guanidine groups is 1. The topological polar surface area (TPSA) is 163 Å². The fraction of sp³-hybridized carbons (Fsp3) is 0.217. The Morgan fingerprint density at radius 1 is 1.24 bits per heavy atom. The lowest BCUT2D eigenvalue weighted by atomic mass is 9.88. The number of halogens is 2. The van der Waals surface area contributed by atoms with Gasteiger partial charge in [-0.25, -0.2) is 18.2 Å². The first-order chi connectivity index (χ1) is 16.2. The number of rotatable bonds is 5. The number of nitriles is 2. The summed E-state index contributed by atoms with van der Waals surface area (Å²) in [5.41, 5.74) is 12.5. The summed E-state index contributed by atoms with van der Waals surface area (Å²) in [7, 11) is 0. The van der Waals surface area contributed by atoms with Gasteiger partial charge in [-0.3, -0.25) is 5.73 Å². The molecule has 0 aliphatic carbocycles. The highest BCUT2D eigenvalue weighted by Gasteiger charge is 2.44. The van der Waals surface area contributed by atoms with E-state index in [-0.39, 0.29) is 45.2 Å². The van der Waals surface area contributed by atoms with E-state index in [2.05, 4.69) is 0 Å². The summed E-state index contributed by atoms with van der Waals surface area (Å²) in [6.07, 6.45) is -4.19. The molecule has 0 fully saturated rings. The van der Waals surface area contributed by atoms with Gasteiger partial charge >= 0.3 is 12.0 Å². The standard InChI is InChI=1S/C23H20F2N6O3/c1-12-18(10-27)20(16-6-5-13(9-26)7-17(16)19(33)11-32)31(23(29)34)22(28)30(12)15-4-2-3-14(8-15)21(24)25/h2-8,19-21,28,32-33H,11H2,1H3,(H2,29,34)/p+1/t19?,20-/m0/s1. The van der Waals surface area contributed by atoms with E-state index in [0.717, 1.165) is 4.90 Å². The largest absolute Gasteiger partial charge is 0.393 e. The minimum absolute atomic E-state index is 0.00783. The van der Waals surface area contributed by atoms with Gasteiger partial charge in [0.15, 0.2) is 6.04 Å². The Bertz CT molecular complexity index is 1290. The summed E-state index contributed by atoms with van der Waals surface area (Å²) in [6.45, 7) is 0.832. The first kappa shape index (κ1) is 24.3. The number of benzene rings is 2. The number of hydrogen-bond donors (Lipinski definition) is 4. The van der Waals surface area contributed by atoms with Crippen LogP contribution in [0.15, 0.2) is 53.7 Å². The monoisotopic (exact) mass is 467 g/mol. The molecule has 34 heavy (non-hydrogen) atoms. The van der Waals surface area contributed by atoms with Crippen LogP contribution in [0.4, 0.5) is 19.3 Å². The number of alkyl halides is 2. The molecule has 2 atom stereocenters. The molecular formula is C23H21F2N6O3+. The molecule has 11 heteroatoms. The molecule has 0 spiro atoms. The van der Waals surface area contributed by atoms with Crippen molar-refractivity contribution in [3.63, 3.8) is 0 Å². The van der Waals surface area contributed by atoms with Gasteiger partial charge in [-0.2, -0.15) is 15.4 Å². The third kappa shape index (κ3) is 4.18.